The normalized spacial score (nSPS) is 22.1. The number of amides is 1. The lowest BCUT2D eigenvalue weighted by Gasteiger charge is -2.36. The molecule has 32 heavy (non-hydrogen) atoms. The number of aromatic amines is 1. The molecule has 7 heteroatoms. The second-order valence-electron chi connectivity index (χ2n) is 9.31. The van der Waals surface area contributed by atoms with E-state index < -0.39 is 11.7 Å². The number of halogens is 3. The van der Waals surface area contributed by atoms with Crippen LogP contribution in [-0.4, -0.2) is 17.0 Å². The number of hydrogen-bond donors (Lipinski definition) is 2. The SMILES string of the molecule is CC1(C(=O)Nc2c[nH]c3ccc(OC4CC(c5ccc(C(F)(F)F)cc5)C4)cc23)CCC1. The maximum absolute atomic E-state index is 12.7. The van der Waals surface area contributed by atoms with Crippen molar-refractivity contribution in [2.24, 2.45) is 5.41 Å². The van der Waals surface area contributed by atoms with E-state index in [2.05, 4.69) is 10.3 Å². The van der Waals surface area contributed by atoms with E-state index in [0.717, 1.165) is 72.1 Å². The number of carbonyl (C=O) groups is 1. The number of fused-ring (bicyclic) bond motifs is 1. The molecular formula is C25H25F3N2O2. The Bertz CT molecular complexity index is 1140. The number of H-pyrrole nitrogens is 1. The third-order valence-electron chi connectivity index (χ3n) is 7.01. The number of benzene rings is 2. The summed E-state index contributed by atoms with van der Waals surface area (Å²) >= 11 is 0. The van der Waals surface area contributed by atoms with Gasteiger partial charge in [-0.1, -0.05) is 25.5 Å². The summed E-state index contributed by atoms with van der Waals surface area (Å²) in [6.07, 6.45) is 1.95. The van der Waals surface area contributed by atoms with Gasteiger partial charge in [-0.2, -0.15) is 13.2 Å². The van der Waals surface area contributed by atoms with Crippen molar-refractivity contribution in [3.05, 3.63) is 59.8 Å². The van der Waals surface area contributed by atoms with Crippen molar-refractivity contribution < 1.29 is 22.7 Å². The number of rotatable bonds is 5. The highest BCUT2D eigenvalue weighted by atomic mass is 19.4. The van der Waals surface area contributed by atoms with Crippen LogP contribution in [0.1, 0.15) is 56.1 Å². The molecule has 2 N–H and O–H groups in total. The van der Waals surface area contributed by atoms with Gasteiger partial charge in [0, 0.05) is 22.5 Å². The fourth-order valence-corrected chi connectivity index (χ4v) is 4.55. The summed E-state index contributed by atoms with van der Waals surface area (Å²) in [5, 5.41) is 3.95. The van der Waals surface area contributed by atoms with Crippen LogP contribution in [0.5, 0.6) is 5.75 Å². The molecule has 4 nitrogen and oxygen atoms in total. The molecule has 2 saturated carbocycles. The Kier molecular flexibility index (Phi) is 4.95. The van der Waals surface area contributed by atoms with Gasteiger partial charge < -0.3 is 15.0 Å². The van der Waals surface area contributed by atoms with Gasteiger partial charge in [-0.15, -0.1) is 0 Å². The first kappa shape index (κ1) is 20.9. The summed E-state index contributed by atoms with van der Waals surface area (Å²) in [6, 6.07) is 11.2. The van der Waals surface area contributed by atoms with Crippen LogP contribution in [0.2, 0.25) is 0 Å². The number of anilines is 1. The van der Waals surface area contributed by atoms with E-state index in [1.807, 2.05) is 25.1 Å². The molecule has 0 atom stereocenters. The van der Waals surface area contributed by atoms with Gasteiger partial charge in [0.15, 0.2) is 0 Å². The highest BCUT2D eigenvalue weighted by Crippen LogP contribution is 2.43. The van der Waals surface area contributed by atoms with Crippen LogP contribution in [0.3, 0.4) is 0 Å². The molecule has 1 amide bonds. The van der Waals surface area contributed by atoms with Gasteiger partial charge in [0.1, 0.15) is 5.75 Å². The molecule has 0 saturated heterocycles. The van der Waals surface area contributed by atoms with Gasteiger partial charge in [-0.3, -0.25) is 4.79 Å². The van der Waals surface area contributed by atoms with Crippen LogP contribution < -0.4 is 10.1 Å². The lowest BCUT2D eigenvalue weighted by atomic mass is 9.70. The predicted octanol–water partition coefficient (Wildman–Crippen LogP) is 6.64. The second-order valence-corrected chi connectivity index (χ2v) is 9.31. The van der Waals surface area contributed by atoms with Gasteiger partial charge >= 0.3 is 6.18 Å². The molecule has 3 aromatic rings. The van der Waals surface area contributed by atoms with Gasteiger partial charge in [0.2, 0.25) is 5.91 Å². The Hall–Kier alpha value is -2.96. The van der Waals surface area contributed by atoms with Crippen molar-refractivity contribution in [1.82, 2.24) is 4.98 Å². The minimum Gasteiger partial charge on any atom is -0.490 e. The first-order valence-electron chi connectivity index (χ1n) is 11.0. The van der Waals surface area contributed by atoms with E-state index in [4.69, 9.17) is 4.74 Å². The number of ether oxygens (including phenoxy) is 1. The molecule has 2 fully saturated rings. The predicted molar refractivity (Wildman–Crippen MR) is 117 cm³/mol. The van der Waals surface area contributed by atoms with Gasteiger partial charge in [0.25, 0.3) is 0 Å². The van der Waals surface area contributed by atoms with Crippen LogP contribution in [0, 0.1) is 5.41 Å². The Morgan fingerprint density at radius 3 is 2.47 bits per heavy atom. The third kappa shape index (κ3) is 3.85. The van der Waals surface area contributed by atoms with E-state index >= 15 is 0 Å². The number of alkyl halides is 3. The van der Waals surface area contributed by atoms with Gasteiger partial charge in [-0.05, 0) is 67.5 Å². The third-order valence-corrected chi connectivity index (χ3v) is 7.01. The molecule has 0 spiro atoms. The van der Waals surface area contributed by atoms with Gasteiger partial charge in [-0.25, -0.2) is 0 Å². The Balaban J connectivity index is 1.22. The number of carbonyl (C=O) groups excluding carboxylic acids is 1. The Morgan fingerprint density at radius 2 is 1.84 bits per heavy atom. The zero-order chi connectivity index (χ0) is 22.5. The standard InChI is InChI=1S/C25H25F3N2O2/c1-24(9-2-10-24)23(31)30-22-14-29-21-8-7-18(13-20(21)22)32-19-11-16(12-19)15-3-5-17(6-4-15)25(26,27)28/h3-8,13-14,16,19,29H,2,9-12H2,1H3,(H,30,31). The van der Waals surface area contributed by atoms with Crippen molar-refractivity contribution in [2.45, 2.75) is 57.2 Å². The van der Waals surface area contributed by atoms with Crippen molar-refractivity contribution in [3.63, 3.8) is 0 Å². The monoisotopic (exact) mass is 442 g/mol. The fourth-order valence-electron chi connectivity index (χ4n) is 4.55. The largest absolute Gasteiger partial charge is 0.490 e. The molecule has 0 aliphatic heterocycles. The van der Waals surface area contributed by atoms with Crippen molar-refractivity contribution in [2.75, 3.05) is 5.32 Å². The summed E-state index contributed by atoms with van der Waals surface area (Å²) < 4.78 is 44.3. The van der Waals surface area contributed by atoms with E-state index in [0.29, 0.717) is 0 Å². The fraction of sp³-hybridized carbons (Fsp3) is 0.400. The molecule has 5 rings (SSSR count). The van der Waals surface area contributed by atoms with Crippen molar-refractivity contribution in [1.29, 1.82) is 0 Å². The van der Waals surface area contributed by atoms with E-state index in [9.17, 15) is 18.0 Å². The van der Waals surface area contributed by atoms with E-state index in [1.54, 1.807) is 18.3 Å². The van der Waals surface area contributed by atoms with E-state index in [-0.39, 0.29) is 23.3 Å². The Morgan fingerprint density at radius 1 is 1.12 bits per heavy atom. The summed E-state index contributed by atoms with van der Waals surface area (Å²) in [5.41, 5.74) is 1.68. The zero-order valence-electron chi connectivity index (χ0n) is 17.8. The zero-order valence-corrected chi connectivity index (χ0v) is 17.8. The molecule has 2 aliphatic carbocycles. The van der Waals surface area contributed by atoms with E-state index in [1.165, 1.54) is 0 Å². The highest BCUT2D eigenvalue weighted by molar-refractivity contribution is 6.04. The molecule has 168 valence electrons. The quantitative estimate of drug-likeness (QED) is 0.465. The van der Waals surface area contributed by atoms with Gasteiger partial charge in [0.05, 0.1) is 17.4 Å². The molecule has 2 aliphatic rings. The van der Waals surface area contributed by atoms with Crippen LogP contribution in [0.4, 0.5) is 18.9 Å². The van der Waals surface area contributed by atoms with Crippen LogP contribution in [0.25, 0.3) is 10.9 Å². The smallest absolute Gasteiger partial charge is 0.416 e. The van der Waals surface area contributed by atoms with Crippen molar-refractivity contribution >= 4 is 22.5 Å². The lowest BCUT2D eigenvalue weighted by molar-refractivity contribution is -0.137. The minimum absolute atomic E-state index is 0.0191. The average molecular weight is 442 g/mol. The summed E-state index contributed by atoms with van der Waals surface area (Å²) in [7, 11) is 0. The molecule has 2 aromatic carbocycles. The van der Waals surface area contributed by atoms with Crippen molar-refractivity contribution in [3.8, 4) is 5.75 Å². The number of nitrogens with one attached hydrogen (secondary N) is 2. The summed E-state index contributed by atoms with van der Waals surface area (Å²) in [6.45, 7) is 2.00. The molecule has 0 unspecified atom stereocenters. The Labute approximate surface area is 184 Å². The first-order valence-corrected chi connectivity index (χ1v) is 11.0. The summed E-state index contributed by atoms with van der Waals surface area (Å²) in [4.78, 5) is 15.8. The average Bonchev–Trinajstić information content (AvgIpc) is 3.10. The number of aromatic nitrogens is 1. The minimum atomic E-state index is -4.31. The molecule has 0 bridgehead atoms. The lowest BCUT2D eigenvalue weighted by Crippen LogP contribution is -2.39. The van der Waals surface area contributed by atoms with Crippen LogP contribution >= 0.6 is 0 Å². The van der Waals surface area contributed by atoms with Crippen LogP contribution in [-0.2, 0) is 11.0 Å². The topological polar surface area (TPSA) is 54.1 Å². The first-order chi connectivity index (χ1) is 15.2. The molecule has 0 radical (unpaired) electrons. The van der Waals surface area contributed by atoms with Crippen LogP contribution in [0.15, 0.2) is 48.7 Å². The molecular weight excluding hydrogens is 417 g/mol. The molecule has 1 aromatic heterocycles. The maximum Gasteiger partial charge on any atom is 0.416 e. The summed E-state index contributed by atoms with van der Waals surface area (Å²) in [5.74, 6) is 0.976. The maximum atomic E-state index is 12.7. The second kappa shape index (κ2) is 7.57. The highest BCUT2D eigenvalue weighted by Gasteiger charge is 2.39. The number of hydrogen-bond acceptors (Lipinski definition) is 2. The molecule has 1 heterocycles.